The molecule has 0 aliphatic carbocycles. The Labute approximate surface area is 176 Å². The average molecular weight is 421 g/mol. The quantitative estimate of drug-likeness (QED) is 0.260. The second-order valence-corrected chi connectivity index (χ2v) is 7.95. The molecule has 3 amide bonds. The Bertz CT molecular complexity index is 725. The molecule has 2 rings (SSSR count). The molecule has 0 spiro atoms. The van der Waals surface area contributed by atoms with Gasteiger partial charge in [-0.1, -0.05) is 44.2 Å². The number of nitrogens with zero attached hydrogens (tertiary/aromatic N) is 1. The van der Waals surface area contributed by atoms with Gasteiger partial charge in [0.15, 0.2) is 5.11 Å². The van der Waals surface area contributed by atoms with Gasteiger partial charge in [0.2, 0.25) is 11.8 Å². The van der Waals surface area contributed by atoms with Crippen molar-refractivity contribution in [2.24, 2.45) is 17.8 Å². The summed E-state index contributed by atoms with van der Waals surface area (Å²) in [5, 5.41) is 13.0. The molecule has 1 unspecified atom stereocenters. The van der Waals surface area contributed by atoms with E-state index >= 15 is 0 Å². The van der Waals surface area contributed by atoms with Crippen LogP contribution in [0.2, 0.25) is 0 Å². The van der Waals surface area contributed by atoms with Crippen molar-refractivity contribution < 1.29 is 19.6 Å². The van der Waals surface area contributed by atoms with Gasteiger partial charge in [-0.2, -0.15) is 5.01 Å². The third kappa shape index (κ3) is 6.50. The Balaban J connectivity index is 2.12. The van der Waals surface area contributed by atoms with Crippen LogP contribution in [0.25, 0.3) is 0 Å². The van der Waals surface area contributed by atoms with Crippen LogP contribution in [-0.4, -0.2) is 39.6 Å². The second kappa shape index (κ2) is 10.9. The van der Waals surface area contributed by atoms with Crippen molar-refractivity contribution in [2.75, 3.05) is 6.54 Å². The van der Waals surface area contributed by atoms with Crippen molar-refractivity contribution in [1.29, 1.82) is 0 Å². The van der Waals surface area contributed by atoms with Gasteiger partial charge in [-0.15, -0.1) is 0 Å². The van der Waals surface area contributed by atoms with Gasteiger partial charge in [0.1, 0.15) is 0 Å². The lowest BCUT2D eigenvalue weighted by Gasteiger charge is -2.28. The summed E-state index contributed by atoms with van der Waals surface area (Å²) in [7, 11) is 0. The summed E-state index contributed by atoms with van der Waals surface area (Å²) in [5.74, 6) is -2.75. The fourth-order valence-corrected chi connectivity index (χ4v) is 3.68. The van der Waals surface area contributed by atoms with Gasteiger partial charge in [-0.3, -0.25) is 25.0 Å². The average Bonchev–Trinajstić information content (AvgIpc) is 3.01. The highest BCUT2D eigenvalue weighted by atomic mass is 32.1. The first-order valence-corrected chi connectivity index (χ1v) is 10.1. The summed E-state index contributed by atoms with van der Waals surface area (Å²) in [6, 6.07) is 9.85. The highest BCUT2D eigenvalue weighted by Crippen LogP contribution is 2.26. The minimum atomic E-state index is -0.731. The molecule has 1 saturated heterocycles. The molecule has 8 nitrogen and oxygen atoms in total. The fraction of sp³-hybridized carbons (Fsp3) is 0.500. The second-order valence-electron chi connectivity index (χ2n) is 7.56. The van der Waals surface area contributed by atoms with Crippen molar-refractivity contribution in [3.63, 3.8) is 0 Å². The molecule has 2 atom stereocenters. The van der Waals surface area contributed by atoms with Crippen molar-refractivity contribution in [1.82, 2.24) is 21.2 Å². The number of amides is 3. The van der Waals surface area contributed by atoms with Crippen LogP contribution in [0, 0.1) is 17.8 Å². The van der Waals surface area contributed by atoms with Crippen molar-refractivity contribution in [3.8, 4) is 0 Å². The molecular formula is C20H28N4O4S. The molecule has 29 heavy (non-hydrogen) atoms. The first kappa shape index (κ1) is 22.8. The summed E-state index contributed by atoms with van der Waals surface area (Å²) >= 11 is 5.03. The molecule has 0 radical (unpaired) electrons. The minimum absolute atomic E-state index is 0.0194. The third-order valence-electron chi connectivity index (χ3n) is 4.88. The van der Waals surface area contributed by atoms with Crippen LogP contribution in [0.1, 0.15) is 38.7 Å². The standard InChI is InChI=1S/C20H28N4O4S/c1-13(2)11-16(18(26)22-24-17(25)12-21-20(24)29)15(19(27)23-28)10-6-9-14-7-4-3-5-8-14/h3-5,7-8,13,15-16,28H,6,9-12H2,1-2H3,(H,21,29)(H,22,26)(H,23,27)/t15-,16?/m1/s1. The third-order valence-corrected chi connectivity index (χ3v) is 5.21. The van der Waals surface area contributed by atoms with Gasteiger partial charge in [0, 0.05) is 0 Å². The lowest BCUT2D eigenvalue weighted by molar-refractivity contribution is -0.144. The number of rotatable bonds is 10. The first-order chi connectivity index (χ1) is 13.8. The number of carbonyl (C=O) groups is 3. The molecule has 1 aliphatic rings. The molecule has 1 heterocycles. The number of carbonyl (C=O) groups excluding carboxylic acids is 3. The number of hydrogen-bond acceptors (Lipinski definition) is 5. The number of hydrogen-bond donors (Lipinski definition) is 4. The van der Waals surface area contributed by atoms with E-state index in [-0.39, 0.29) is 23.5 Å². The fourth-order valence-electron chi connectivity index (χ4n) is 3.46. The van der Waals surface area contributed by atoms with Gasteiger partial charge in [0.05, 0.1) is 18.4 Å². The van der Waals surface area contributed by atoms with E-state index in [4.69, 9.17) is 12.2 Å². The number of aryl methyl sites for hydroxylation is 1. The van der Waals surface area contributed by atoms with Crippen LogP contribution in [0.3, 0.4) is 0 Å². The molecule has 4 N–H and O–H groups in total. The van der Waals surface area contributed by atoms with Crippen LogP contribution in [-0.2, 0) is 20.8 Å². The Morgan fingerprint density at radius 1 is 1.21 bits per heavy atom. The lowest BCUT2D eigenvalue weighted by atomic mass is 9.81. The number of benzene rings is 1. The van der Waals surface area contributed by atoms with Gasteiger partial charge in [-0.05, 0) is 49.4 Å². The highest BCUT2D eigenvalue weighted by Gasteiger charge is 2.36. The highest BCUT2D eigenvalue weighted by molar-refractivity contribution is 7.80. The maximum Gasteiger partial charge on any atom is 0.267 e. The zero-order valence-corrected chi connectivity index (χ0v) is 17.5. The van der Waals surface area contributed by atoms with Gasteiger partial charge in [-0.25, -0.2) is 5.48 Å². The maximum absolute atomic E-state index is 13.0. The van der Waals surface area contributed by atoms with Gasteiger partial charge in [0.25, 0.3) is 5.91 Å². The zero-order chi connectivity index (χ0) is 21.4. The van der Waals surface area contributed by atoms with Crippen molar-refractivity contribution in [2.45, 2.75) is 39.5 Å². The van der Waals surface area contributed by atoms with E-state index in [0.29, 0.717) is 19.3 Å². The number of hydroxylamine groups is 1. The van der Waals surface area contributed by atoms with Gasteiger partial charge >= 0.3 is 0 Å². The van der Waals surface area contributed by atoms with Crippen LogP contribution in [0.4, 0.5) is 0 Å². The van der Waals surface area contributed by atoms with E-state index in [1.54, 1.807) is 5.48 Å². The molecule has 158 valence electrons. The molecular weight excluding hydrogens is 392 g/mol. The molecule has 0 bridgehead atoms. The topological polar surface area (TPSA) is 111 Å². The maximum atomic E-state index is 13.0. The largest absolute Gasteiger partial charge is 0.352 e. The smallest absolute Gasteiger partial charge is 0.267 e. The lowest BCUT2D eigenvalue weighted by Crippen LogP contribution is -2.51. The monoisotopic (exact) mass is 420 g/mol. The van der Waals surface area contributed by atoms with E-state index in [9.17, 15) is 19.6 Å². The number of hydrazine groups is 1. The van der Waals surface area contributed by atoms with E-state index < -0.39 is 23.7 Å². The van der Waals surface area contributed by atoms with Crippen molar-refractivity contribution in [3.05, 3.63) is 35.9 Å². The summed E-state index contributed by atoms with van der Waals surface area (Å²) in [4.78, 5) is 37.3. The van der Waals surface area contributed by atoms with Crippen LogP contribution in [0.15, 0.2) is 30.3 Å². The van der Waals surface area contributed by atoms with Crippen LogP contribution >= 0.6 is 12.2 Å². The molecule has 1 aliphatic heterocycles. The summed E-state index contributed by atoms with van der Waals surface area (Å²) in [6.07, 6.45) is 2.28. The molecule has 1 aromatic rings. The Morgan fingerprint density at radius 3 is 2.45 bits per heavy atom. The Hall–Kier alpha value is -2.52. The van der Waals surface area contributed by atoms with Crippen LogP contribution in [0.5, 0.6) is 0 Å². The Kier molecular flexibility index (Phi) is 8.53. The van der Waals surface area contributed by atoms with E-state index in [2.05, 4.69) is 10.7 Å². The summed E-state index contributed by atoms with van der Waals surface area (Å²) in [6.45, 7) is 3.92. The molecule has 9 heteroatoms. The predicted octanol–water partition coefficient (Wildman–Crippen LogP) is 1.54. The van der Waals surface area contributed by atoms with E-state index in [1.165, 1.54) is 0 Å². The van der Waals surface area contributed by atoms with E-state index in [1.807, 2.05) is 44.2 Å². The normalized spacial score (nSPS) is 15.8. The Morgan fingerprint density at radius 2 is 1.90 bits per heavy atom. The van der Waals surface area contributed by atoms with Crippen molar-refractivity contribution >= 4 is 35.1 Å². The molecule has 0 aromatic heterocycles. The van der Waals surface area contributed by atoms with E-state index in [0.717, 1.165) is 17.0 Å². The summed E-state index contributed by atoms with van der Waals surface area (Å²) < 4.78 is 0. The number of nitrogens with one attached hydrogen (secondary N) is 3. The molecule has 1 aromatic carbocycles. The molecule has 0 saturated carbocycles. The predicted molar refractivity (Wildman–Crippen MR) is 111 cm³/mol. The summed E-state index contributed by atoms with van der Waals surface area (Å²) in [5.41, 5.74) is 5.37. The zero-order valence-electron chi connectivity index (χ0n) is 16.7. The molecule has 1 fully saturated rings. The van der Waals surface area contributed by atoms with Gasteiger partial charge < -0.3 is 5.32 Å². The van der Waals surface area contributed by atoms with Crippen LogP contribution < -0.4 is 16.2 Å². The first-order valence-electron chi connectivity index (χ1n) is 9.72. The number of thiocarbonyl (C=S) groups is 1. The minimum Gasteiger partial charge on any atom is -0.352 e. The SMILES string of the molecule is CC(C)CC(C(=O)NN1C(=O)CNC1=S)[C@@H](CCCc1ccccc1)C(=O)NO.